The Labute approximate surface area is 178 Å². The van der Waals surface area contributed by atoms with Gasteiger partial charge >= 0.3 is 0 Å². The maximum Gasteiger partial charge on any atom is 0.253 e. The Kier molecular flexibility index (Phi) is 5.86. The first kappa shape index (κ1) is 20.2. The highest BCUT2D eigenvalue weighted by molar-refractivity contribution is 5.96. The van der Waals surface area contributed by atoms with Crippen molar-refractivity contribution in [1.82, 2.24) is 19.8 Å². The number of amides is 1. The Balaban J connectivity index is 1.50. The van der Waals surface area contributed by atoms with Crippen molar-refractivity contribution < 1.29 is 4.79 Å². The number of rotatable bonds is 5. The van der Waals surface area contributed by atoms with E-state index in [4.69, 9.17) is 0 Å². The molecular weight excluding hydrogens is 374 g/mol. The minimum absolute atomic E-state index is 0.0496. The Bertz CT molecular complexity index is 1020. The van der Waals surface area contributed by atoms with Crippen molar-refractivity contribution in [3.8, 4) is 5.69 Å². The Morgan fingerprint density at radius 2 is 1.83 bits per heavy atom. The van der Waals surface area contributed by atoms with E-state index in [0.29, 0.717) is 12.1 Å². The van der Waals surface area contributed by atoms with Crippen LogP contribution in [0.4, 0.5) is 5.69 Å². The number of aromatic nitrogens is 2. The minimum atomic E-state index is -0.0496. The molecule has 1 aliphatic heterocycles. The highest BCUT2D eigenvalue weighted by Gasteiger charge is 2.19. The average Bonchev–Trinajstić information content (AvgIpc) is 3.07. The summed E-state index contributed by atoms with van der Waals surface area (Å²) in [6.07, 6.45) is 3.57. The van der Waals surface area contributed by atoms with Crippen LogP contribution < -0.4 is 10.2 Å². The van der Waals surface area contributed by atoms with E-state index in [1.165, 1.54) is 5.69 Å². The zero-order valence-electron chi connectivity index (χ0n) is 17.9. The molecule has 3 aromatic rings. The van der Waals surface area contributed by atoms with Crippen molar-refractivity contribution in [2.24, 2.45) is 0 Å². The fourth-order valence-corrected chi connectivity index (χ4v) is 4.16. The van der Waals surface area contributed by atoms with E-state index in [1.54, 1.807) is 6.20 Å². The first-order valence-electron chi connectivity index (χ1n) is 10.4. The van der Waals surface area contributed by atoms with Crippen molar-refractivity contribution >= 4 is 11.6 Å². The van der Waals surface area contributed by atoms with E-state index >= 15 is 0 Å². The Morgan fingerprint density at radius 3 is 2.57 bits per heavy atom. The number of pyridine rings is 1. The molecule has 0 atom stereocenters. The van der Waals surface area contributed by atoms with Gasteiger partial charge in [0.25, 0.3) is 5.91 Å². The second-order valence-corrected chi connectivity index (χ2v) is 7.93. The summed E-state index contributed by atoms with van der Waals surface area (Å²) in [4.78, 5) is 22.0. The summed E-state index contributed by atoms with van der Waals surface area (Å²) < 4.78 is 2.07. The van der Waals surface area contributed by atoms with Crippen LogP contribution in [0.15, 0.2) is 54.9 Å². The van der Waals surface area contributed by atoms with Gasteiger partial charge in [0, 0.05) is 56.0 Å². The number of carbonyl (C=O) groups excluding carboxylic acids is 1. The number of anilines is 1. The van der Waals surface area contributed by atoms with Gasteiger partial charge < -0.3 is 19.7 Å². The number of likely N-dealkylation sites (N-methyl/N-ethyl adjacent to an activating group) is 1. The molecule has 156 valence electrons. The van der Waals surface area contributed by atoms with Gasteiger partial charge in [-0.15, -0.1) is 0 Å². The fourth-order valence-electron chi connectivity index (χ4n) is 4.16. The van der Waals surface area contributed by atoms with Crippen LogP contribution in [0, 0.1) is 13.8 Å². The number of nitrogens with one attached hydrogen (secondary N) is 1. The molecule has 0 saturated carbocycles. The van der Waals surface area contributed by atoms with Gasteiger partial charge in [-0.3, -0.25) is 9.78 Å². The third-order valence-corrected chi connectivity index (χ3v) is 5.85. The summed E-state index contributed by atoms with van der Waals surface area (Å²) >= 11 is 0. The number of para-hydroxylation sites is 1. The molecule has 0 radical (unpaired) electrons. The average molecular weight is 404 g/mol. The van der Waals surface area contributed by atoms with Gasteiger partial charge in [0.2, 0.25) is 0 Å². The first-order chi connectivity index (χ1) is 14.5. The van der Waals surface area contributed by atoms with Gasteiger partial charge in [-0.05, 0) is 50.7 Å². The van der Waals surface area contributed by atoms with Crippen LogP contribution in [0.25, 0.3) is 5.69 Å². The van der Waals surface area contributed by atoms with E-state index in [2.05, 4.69) is 49.9 Å². The lowest BCUT2D eigenvalue weighted by molar-refractivity contribution is 0.0950. The highest BCUT2D eigenvalue weighted by Crippen LogP contribution is 2.23. The fraction of sp³-hybridized carbons (Fsp3) is 0.333. The third kappa shape index (κ3) is 4.09. The van der Waals surface area contributed by atoms with Gasteiger partial charge in [-0.25, -0.2) is 0 Å². The minimum Gasteiger partial charge on any atom is -0.369 e. The summed E-state index contributed by atoms with van der Waals surface area (Å²) in [5.41, 5.74) is 5.97. The predicted octanol–water partition coefficient (Wildman–Crippen LogP) is 3.17. The normalized spacial score (nSPS) is 14.7. The number of nitrogens with zero attached hydrogens (tertiary/aromatic N) is 4. The Morgan fingerprint density at radius 1 is 1.07 bits per heavy atom. The molecule has 4 rings (SSSR count). The molecule has 2 aromatic heterocycles. The number of carbonyl (C=O) groups is 1. The first-order valence-corrected chi connectivity index (χ1v) is 10.4. The van der Waals surface area contributed by atoms with Gasteiger partial charge in [0.15, 0.2) is 0 Å². The van der Waals surface area contributed by atoms with Gasteiger partial charge in [-0.1, -0.05) is 18.2 Å². The Hall–Kier alpha value is -3.12. The van der Waals surface area contributed by atoms with Crippen LogP contribution in [0.5, 0.6) is 0 Å². The molecular formula is C24H29N5O. The second kappa shape index (κ2) is 8.71. The van der Waals surface area contributed by atoms with Gasteiger partial charge in [0.1, 0.15) is 0 Å². The summed E-state index contributed by atoms with van der Waals surface area (Å²) in [6, 6.07) is 14.2. The number of hydrogen-bond acceptors (Lipinski definition) is 4. The zero-order chi connectivity index (χ0) is 21.1. The van der Waals surface area contributed by atoms with Crippen molar-refractivity contribution in [2.45, 2.75) is 20.4 Å². The van der Waals surface area contributed by atoms with E-state index in [-0.39, 0.29) is 5.91 Å². The van der Waals surface area contributed by atoms with Crippen LogP contribution in [0.3, 0.4) is 0 Å². The van der Waals surface area contributed by atoms with E-state index < -0.39 is 0 Å². The molecule has 1 fully saturated rings. The van der Waals surface area contributed by atoms with E-state index in [0.717, 1.165) is 48.8 Å². The second-order valence-electron chi connectivity index (χ2n) is 7.93. The maximum absolute atomic E-state index is 13.0. The molecule has 6 heteroatoms. The summed E-state index contributed by atoms with van der Waals surface area (Å²) in [6.45, 7) is 8.63. The number of piperazine rings is 1. The van der Waals surface area contributed by atoms with E-state index in [1.807, 2.05) is 44.3 Å². The predicted molar refractivity (Wildman–Crippen MR) is 120 cm³/mol. The molecule has 0 aliphatic carbocycles. The number of aryl methyl sites for hydroxylation is 1. The molecule has 30 heavy (non-hydrogen) atoms. The maximum atomic E-state index is 13.0. The van der Waals surface area contributed by atoms with Crippen molar-refractivity contribution in [3.05, 3.63) is 77.4 Å². The lowest BCUT2D eigenvalue weighted by Gasteiger charge is -2.35. The molecule has 1 amide bonds. The summed E-state index contributed by atoms with van der Waals surface area (Å²) in [5.74, 6) is -0.0496. The van der Waals surface area contributed by atoms with Gasteiger partial charge in [-0.2, -0.15) is 0 Å². The molecule has 0 spiro atoms. The molecule has 1 aromatic carbocycles. The number of hydrogen-bond donors (Lipinski definition) is 1. The zero-order valence-corrected chi connectivity index (χ0v) is 17.9. The molecule has 3 heterocycles. The summed E-state index contributed by atoms with van der Waals surface area (Å²) in [5, 5.41) is 3.13. The summed E-state index contributed by atoms with van der Waals surface area (Å²) in [7, 11) is 2.16. The SMILES string of the molecule is Cc1cc(C(=O)NCc2ccccc2N2CCN(C)CC2)c(C)n1-c1cccnc1. The molecule has 0 bridgehead atoms. The standard InChI is InChI=1S/C24H29N5O/c1-18-15-22(19(2)29(18)21-8-6-10-25-17-21)24(30)26-16-20-7-4-5-9-23(20)28-13-11-27(3)12-14-28/h4-10,15,17H,11-14,16H2,1-3H3,(H,26,30). The molecule has 1 saturated heterocycles. The van der Waals surface area contributed by atoms with Crippen LogP contribution in [0.2, 0.25) is 0 Å². The lowest BCUT2D eigenvalue weighted by atomic mass is 10.1. The van der Waals surface area contributed by atoms with Crippen LogP contribution >= 0.6 is 0 Å². The van der Waals surface area contributed by atoms with Crippen LogP contribution in [-0.2, 0) is 6.54 Å². The van der Waals surface area contributed by atoms with Crippen molar-refractivity contribution in [1.29, 1.82) is 0 Å². The smallest absolute Gasteiger partial charge is 0.253 e. The highest BCUT2D eigenvalue weighted by atomic mass is 16.1. The largest absolute Gasteiger partial charge is 0.369 e. The molecule has 6 nitrogen and oxygen atoms in total. The van der Waals surface area contributed by atoms with Crippen LogP contribution in [0.1, 0.15) is 27.3 Å². The van der Waals surface area contributed by atoms with E-state index in [9.17, 15) is 4.79 Å². The quantitative estimate of drug-likeness (QED) is 0.711. The van der Waals surface area contributed by atoms with Crippen molar-refractivity contribution in [2.75, 3.05) is 38.1 Å². The van der Waals surface area contributed by atoms with Crippen molar-refractivity contribution in [3.63, 3.8) is 0 Å². The topological polar surface area (TPSA) is 53.4 Å². The third-order valence-electron chi connectivity index (χ3n) is 5.85. The number of benzene rings is 1. The molecule has 1 aliphatic rings. The monoisotopic (exact) mass is 403 g/mol. The lowest BCUT2D eigenvalue weighted by Crippen LogP contribution is -2.45. The van der Waals surface area contributed by atoms with Gasteiger partial charge in [0.05, 0.1) is 17.4 Å². The molecule has 0 unspecified atom stereocenters. The van der Waals surface area contributed by atoms with Crippen LogP contribution in [-0.4, -0.2) is 53.6 Å². The molecule has 1 N–H and O–H groups in total.